The van der Waals surface area contributed by atoms with Gasteiger partial charge in [-0.25, -0.2) is 0 Å². The van der Waals surface area contributed by atoms with Crippen LogP contribution < -0.4 is 5.32 Å². The molecule has 1 heterocycles. The molecular formula is C9H19Cl2N. The number of rotatable bonds is 0. The van der Waals surface area contributed by atoms with Gasteiger partial charge >= 0.3 is 0 Å². The average Bonchev–Trinajstić information content (AvgIpc) is 2.39. The van der Waals surface area contributed by atoms with E-state index in [1.165, 1.54) is 51.6 Å². The van der Waals surface area contributed by atoms with Gasteiger partial charge in [-0.05, 0) is 31.2 Å². The van der Waals surface area contributed by atoms with E-state index in [1.807, 2.05) is 0 Å². The summed E-state index contributed by atoms with van der Waals surface area (Å²) >= 11 is 0. The van der Waals surface area contributed by atoms with Gasteiger partial charge in [0.2, 0.25) is 0 Å². The molecule has 0 unspecified atom stereocenters. The van der Waals surface area contributed by atoms with E-state index < -0.39 is 0 Å². The van der Waals surface area contributed by atoms with Gasteiger partial charge in [-0.15, -0.1) is 24.8 Å². The lowest BCUT2D eigenvalue weighted by molar-refractivity contribution is 0.216. The fraction of sp³-hybridized carbons (Fsp3) is 1.00. The molecule has 3 heteroatoms. The minimum Gasteiger partial charge on any atom is -0.316 e. The van der Waals surface area contributed by atoms with Gasteiger partial charge in [-0.3, -0.25) is 0 Å². The molecule has 0 bridgehead atoms. The van der Waals surface area contributed by atoms with Gasteiger partial charge in [0.25, 0.3) is 0 Å². The van der Waals surface area contributed by atoms with Crippen molar-refractivity contribution < 1.29 is 0 Å². The predicted octanol–water partition coefficient (Wildman–Crippen LogP) is 2.77. The largest absolute Gasteiger partial charge is 0.316 e. The van der Waals surface area contributed by atoms with Gasteiger partial charge in [0.15, 0.2) is 0 Å². The Morgan fingerprint density at radius 3 is 2.00 bits per heavy atom. The van der Waals surface area contributed by atoms with Crippen molar-refractivity contribution in [3.05, 3.63) is 0 Å². The summed E-state index contributed by atoms with van der Waals surface area (Å²) in [5.74, 6) is 0. The highest BCUT2D eigenvalue weighted by molar-refractivity contribution is 5.85. The summed E-state index contributed by atoms with van der Waals surface area (Å²) in [6.07, 6.45) is 8.91. The summed E-state index contributed by atoms with van der Waals surface area (Å²) in [5.41, 5.74) is 0.762. The summed E-state index contributed by atoms with van der Waals surface area (Å²) in [6, 6.07) is 0. The normalized spacial score (nSPS) is 26.0. The molecule has 2 rings (SSSR count). The van der Waals surface area contributed by atoms with E-state index in [4.69, 9.17) is 0 Å². The van der Waals surface area contributed by atoms with Crippen molar-refractivity contribution in [1.29, 1.82) is 0 Å². The van der Waals surface area contributed by atoms with Crippen molar-refractivity contribution in [3.8, 4) is 0 Å². The van der Waals surface area contributed by atoms with Gasteiger partial charge in [0, 0.05) is 6.54 Å². The minimum atomic E-state index is 0. The first-order valence-corrected chi connectivity index (χ1v) is 4.62. The molecule has 0 amide bonds. The van der Waals surface area contributed by atoms with E-state index in [2.05, 4.69) is 5.32 Å². The maximum absolute atomic E-state index is 3.48. The standard InChI is InChI=1S/C9H17N.2ClH/c1-2-4-9(5-3-1)6-7-10-8-9;;/h10H,1-8H2;2*1H. The molecule has 0 aromatic heterocycles. The Hall–Kier alpha value is 0.540. The smallest absolute Gasteiger partial charge is 0.000829 e. The second-order valence-electron chi connectivity index (χ2n) is 3.99. The molecule has 2 aliphatic rings. The summed E-state index contributed by atoms with van der Waals surface area (Å²) in [5, 5.41) is 3.48. The number of hydrogen-bond acceptors (Lipinski definition) is 1. The molecule has 1 aliphatic carbocycles. The Bertz CT molecular complexity index is 114. The molecule has 1 nitrogen and oxygen atoms in total. The second-order valence-corrected chi connectivity index (χ2v) is 3.99. The third-order valence-electron chi connectivity index (χ3n) is 3.25. The average molecular weight is 212 g/mol. The second kappa shape index (κ2) is 5.31. The first-order chi connectivity index (χ1) is 4.91. The third kappa shape index (κ3) is 2.51. The Kier molecular flexibility index (Phi) is 5.55. The highest BCUT2D eigenvalue weighted by Gasteiger charge is 2.34. The Morgan fingerprint density at radius 2 is 1.50 bits per heavy atom. The SMILES string of the molecule is C1CCC2(CC1)CCNC2.Cl.Cl. The van der Waals surface area contributed by atoms with E-state index >= 15 is 0 Å². The molecular weight excluding hydrogens is 193 g/mol. The van der Waals surface area contributed by atoms with E-state index in [1.54, 1.807) is 0 Å². The molecule has 12 heavy (non-hydrogen) atoms. The van der Waals surface area contributed by atoms with Crippen molar-refractivity contribution >= 4 is 24.8 Å². The van der Waals surface area contributed by atoms with Crippen LogP contribution in [0.1, 0.15) is 38.5 Å². The van der Waals surface area contributed by atoms with Crippen molar-refractivity contribution in [1.82, 2.24) is 5.32 Å². The molecule has 0 radical (unpaired) electrons. The Labute approximate surface area is 87.5 Å². The highest BCUT2D eigenvalue weighted by Crippen LogP contribution is 2.40. The number of halogens is 2. The van der Waals surface area contributed by atoms with Crippen molar-refractivity contribution in [3.63, 3.8) is 0 Å². The van der Waals surface area contributed by atoms with Crippen LogP contribution in [-0.2, 0) is 0 Å². The molecule has 74 valence electrons. The predicted molar refractivity (Wildman–Crippen MR) is 57.5 cm³/mol. The van der Waals surface area contributed by atoms with Crippen LogP contribution in [-0.4, -0.2) is 13.1 Å². The summed E-state index contributed by atoms with van der Waals surface area (Å²) in [7, 11) is 0. The molecule has 0 aromatic rings. The fourth-order valence-corrected chi connectivity index (χ4v) is 2.52. The highest BCUT2D eigenvalue weighted by atomic mass is 35.5. The van der Waals surface area contributed by atoms with Crippen LogP contribution in [0.5, 0.6) is 0 Å². The van der Waals surface area contributed by atoms with Crippen LogP contribution in [0.25, 0.3) is 0 Å². The van der Waals surface area contributed by atoms with E-state index in [9.17, 15) is 0 Å². The Balaban J connectivity index is 0.000000605. The third-order valence-corrected chi connectivity index (χ3v) is 3.25. The van der Waals surface area contributed by atoms with Crippen molar-refractivity contribution in [2.45, 2.75) is 38.5 Å². The van der Waals surface area contributed by atoms with Crippen LogP contribution in [0.3, 0.4) is 0 Å². The number of nitrogens with one attached hydrogen (secondary N) is 1. The molecule has 2 fully saturated rings. The molecule has 0 aromatic carbocycles. The quantitative estimate of drug-likeness (QED) is 0.651. The lowest BCUT2D eigenvalue weighted by Gasteiger charge is -2.32. The van der Waals surface area contributed by atoms with Gasteiger partial charge in [0.05, 0.1) is 0 Å². The zero-order valence-corrected chi connectivity index (χ0v) is 9.11. The number of hydrogen-bond donors (Lipinski definition) is 1. The van der Waals surface area contributed by atoms with Gasteiger partial charge in [-0.2, -0.15) is 0 Å². The molecule has 1 spiro atoms. The molecule has 1 saturated heterocycles. The molecule has 1 aliphatic heterocycles. The van der Waals surface area contributed by atoms with Crippen LogP contribution >= 0.6 is 24.8 Å². The van der Waals surface area contributed by atoms with Crippen molar-refractivity contribution in [2.24, 2.45) is 5.41 Å². The molecule has 1 saturated carbocycles. The van der Waals surface area contributed by atoms with E-state index in [0.29, 0.717) is 0 Å². The maximum Gasteiger partial charge on any atom is 0.000829 e. The van der Waals surface area contributed by atoms with Gasteiger partial charge in [-0.1, -0.05) is 19.3 Å². The Morgan fingerprint density at radius 1 is 0.833 bits per heavy atom. The molecule has 1 N–H and O–H groups in total. The van der Waals surface area contributed by atoms with E-state index in [-0.39, 0.29) is 24.8 Å². The van der Waals surface area contributed by atoms with Crippen LogP contribution in [0.4, 0.5) is 0 Å². The minimum absolute atomic E-state index is 0. The first kappa shape index (κ1) is 12.5. The monoisotopic (exact) mass is 211 g/mol. The lowest BCUT2D eigenvalue weighted by Crippen LogP contribution is -2.26. The maximum atomic E-state index is 3.48. The summed E-state index contributed by atoms with van der Waals surface area (Å²) in [6.45, 7) is 2.59. The first-order valence-electron chi connectivity index (χ1n) is 4.62. The van der Waals surface area contributed by atoms with Gasteiger partial charge < -0.3 is 5.32 Å². The zero-order chi connectivity index (χ0) is 6.86. The lowest BCUT2D eigenvalue weighted by atomic mass is 9.74. The van der Waals surface area contributed by atoms with Gasteiger partial charge in [0.1, 0.15) is 0 Å². The van der Waals surface area contributed by atoms with Crippen molar-refractivity contribution in [2.75, 3.05) is 13.1 Å². The molecule has 0 atom stereocenters. The topological polar surface area (TPSA) is 12.0 Å². The fourth-order valence-electron chi connectivity index (χ4n) is 2.52. The van der Waals surface area contributed by atoms with Crippen LogP contribution in [0, 0.1) is 5.41 Å². The zero-order valence-electron chi connectivity index (χ0n) is 7.47. The summed E-state index contributed by atoms with van der Waals surface area (Å²) in [4.78, 5) is 0. The summed E-state index contributed by atoms with van der Waals surface area (Å²) < 4.78 is 0. The van der Waals surface area contributed by atoms with Crippen LogP contribution in [0.2, 0.25) is 0 Å². The van der Waals surface area contributed by atoms with Crippen LogP contribution in [0.15, 0.2) is 0 Å². The van der Waals surface area contributed by atoms with E-state index in [0.717, 1.165) is 5.41 Å².